The standard InChI is InChI=1S/C17H18N2O3/c1-12-4-2-3-5-15(12)19-17(20)13-6-7-16(18-10-13)22-14-8-9-21-11-14/h2-7,10,14H,8-9,11H2,1H3,(H,19,20)/t14-/m0/s1. The van der Waals surface area contributed by atoms with Crippen molar-refractivity contribution in [3.63, 3.8) is 0 Å². The molecule has 1 saturated heterocycles. The fourth-order valence-electron chi connectivity index (χ4n) is 2.27. The van der Waals surface area contributed by atoms with Crippen LogP contribution in [0.15, 0.2) is 42.6 Å². The molecule has 2 heterocycles. The molecule has 0 saturated carbocycles. The van der Waals surface area contributed by atoms with Crippen LogP contribution in [-0.2, 0) is 4.74 Å². The number of ether oxygens (including phenoxy) is 2. The van der Waals surface area contributed by atoms with E-state index < -0.39 is 0 Å². The summed E-state index contributed by atoms with van der Waals surface area (Å²) in [6.45, 7) is 3.27. The second-order valence-electron chi connectivity index (χ2n) is 5.26. The number of rotatable bonds is 4. The number of para-hydroxylation sites is 1. The summed E-state index contributed by atoms with van der Waals surface area (Å²) in [6, 6.07) is 11.1. The molecule has 1 N–H and O–H groups in total. The van der Waals surface area contributed by atoms with E-state index >= 15 is 0 Å². The van der Waals surface area contributed by atoms with Crippen LogP contribution < -0.4 is 10.1 Å². The molecule has 1 aromatic heterocycles. The Labute approximate surface area is 129 Å². The molecule has 2 aromatic rings. The van der Waals surface area contributed by atoms with E-state index in [-0.39, 0.29) is 12.0 Å². The zero-order valence-corrected chi connectivity index (χ0v) is 12.4. The van der Waals surface area contributed by atoms with Crippen LogP contribution in [0.4, 0.5) is 5.69 Å². The number of carbonyl (C=O) groups excluding carboxylic acids is 1. The number of nitrogens with one attached hydrogen (secondary N) is 1. The van der Waals surface area contributed by atoms with E-state index in [1.807, 2.05) is 31.2 Å². The van der Waals surface area contributed by atoms with Crippen LogP contribution in [-0.4, -0.2) is 30.2 Å². The van der Waals surface area contributed by atoms with E-state index in [2.05, 4.69) is 10.3 Å². The van der Waals surface area contributed by atoms with Gasteiger partial charge in [0.25, 0.3) is 5.91 Å². The van der Waals surface area contributed by atoms with Gasteiger partial charge >= 0.3 is 0 Å². The Bertz CT molecular complexity index is 649. The van der Waals surface area contributed by atoms with Gasteiger partial charge in [0.15, 0.2) is 0 Å². The molecule has 114 valence electrons. The van der Waals surface area contributed by atoms with Gasteiger partial charge < -0.3 is 14.8 Å². The molecule has 1 aliphatic heterocycles. The lowest BCUT2D eigenvalue weighted by Gasteiger charge is -2.11. The normalized spacial score (nSPS) is 17.2. The number of benzene rings is 1. The van der Waals surface area contributed by atoms with Gasteiger partial charge in [0.2, 0.25) is 5.88 Å². The highest BCUT2D eigenvalue weighted by molar-refractivity contribution is 6.04. The van der Waals surface area contributed by atoms with Crippen LogP contribution in [0.3, 0.4) is 0 Å². The average Bonchev–Trinajstić information content (AvgIpc) is 3.03. The summed E-state index contributed by atoms with van der Waals surface area (Å²) in [5, 5.41) is 2.88. The molecule has 3 rings (SSSR count). The molecule has 0 spiro atoms. The van der Waals surface area contributed by atoms with E-state index in [0.717, 1.165) is 24.3 Å². The lowest BCUT2D eigenvalue weighted by Crippen LogP contribution is -2.17. The molecule has 1 amide bonds. The van der Waals surface area contributed by atoms with Crippen molar-refractivity contribution in [2.75, 3.05) is 18.5 Å². The molecule has 1 fully saturated rings. The minimum Gasteiger partial charge on any atom is -0.472 e. The van der Waals surface area contributed by atoms with Crippen molar-refractivity contribution in [1.82, 2.24) is 4.98 Å². The van der Waals surface area contributed by atoms with Crippen molar-refractivity contribution >= 4 is 11.6 Å². The topological polar surface area (TPSA) is 60.5 Å². The Hall–Kier alpha value is -2.40. The van der Waals surface area contributed by atoms with Crippen molar-refractivity contribution in [2.24, 2.45) is 0 Å². The SMILES string of the molecule is Cc1ccccc1NC(=O)c1ccc(O[C@H]2CCOC2)nc1. The molecule has 0 bridgehead atoms. The summed E-state index contributed by atoms with van der Waals surface area (Å²) >= 11 is 0. The highest BCUT2D eigenvalue weighted by Crippen LogP contribution is 2.17. The Kier molecular flexibility index (Phi) is 4.34. The number of amides is 1. The van der Waals surface area contributed by atoms with Gasteiger partial charge in [-0.1, -0.05) is 18.2 Å². The second-order valence-corrected chi connectivity index (χ2v) is 5.26. The number of hydrogen-bond acceptors (Lipinski definition) is 4. The largest absolute Gasteiger partial charge is 0.472 e. The number of aryl methyl sites for hydroxylation is 1. The first-order chi connectivity index (χ1) is 10.7. The minimum atomic E-state index is -0.183. The first-order valence-corrected chi connectivity index (χ1v) is 7.30. The smallest absolute Gasteiger partial charge is 0.257 e. The highest BCUT2D eigenvalue weighted by Gasteiger charge is 2.18. The number of anilines is 1. The summed E-state index contributed by atoms with van der Waals surface area (Å²) in [4.78, 5) is 16.4. The second kappa shape index (κ2) is 6.58. The van der Waals surface area contributed by atoms with Gasteiger partial charge in [-0.05, 0) is 24.6 Å². The summed E-state index contributed by atoms with van der Waals surface area (Å²) in [5.74, 6) is 0.334. The van der Waals surface area contributed by atoms with Crippen LogP contribution in [0.25, 0.3) is 0 Å². The molecular weight excluding hydrogens is 280 g/mol. The lowest BCUT2D eigenvalue weighted by molar-refractivity contribution is 0.102. The third-order valence-corrected chi connectivity index (χ3v) is 3.57. The number of carbonyl (C=O) groups is 1. The van der Waals surface area contributed by atoms with Gasteiger partial charge in [-0.15, -0.1) is 0 Å². The Morgan fingerprint density at radius 3 is 2.86 bits per heavy atom. The molecule has 0 aliphatic carbocycles. The fourth-order valence-corrected chi connectivity index (χ4v) is 2.27. The molecule has 5 nitrogen and oxygen atoms in total. The lowest BCUT2D eigenvalue weighted by atomic mass is 10.2. The number of pyridine rings is 1. The maximum Gasteiger partial charge on any atom is 0.257 e. The Balaban J connectivity index is 1.64. The van der Waals surface area contributed by atoms with E-state index in [4.69, 9.17) is 9.47 Å². The van der Waals surface area contributed by atoms with E-state index in [1.54, 1.807) is 12.1 Å². The molecule has 1 atom stereocenters. The van der Waals surface area contributed by atoms with Gasteiger partial charge in [0.05, 0.1) is 18.8 Å². The first kappa shape index (κ1) is 14.5. The molecule has 1 aliphatic rings. The zero-order valence-electron chi connectivity index (χ0n) is 12.4. The first-order valence-electron chi connectivity index (χ1n) is 7.30. The van der Waals surface area contributed by atoms with Crippen molar-refractivity contribution in [3.05, 3.63) is 53.7 Å². The van der Waals surface area contributed by atoms with Crippen molar-refractivity contribution in [3.8, 4) is 5.88 Å². The van der Waals surface area contributed by atoms with Gasteiger partial charge in [-0.3, -0.25) is 4.79 Å². The van der Waals surface area contributed by atoms with E-state index in [0.29, 0.717) is 18.1 Å². The van der Waals surface area contributed by atoms with Crippen molar-refractivity contribution in [2.45, 2.75) is 19.4 Å². The summed E-state index contributed by atoms with van der Waals surface area (Å²) < 4.78 is 10.9. The van der Waals surface area contributed by atoms with Gasteiger partial charge in [-0.2, -0.15) is 0 Å². The molecule has 1 aromatic carbocycles. The third kappa shape index (κ3) is 3.43. The van der Waals surface area contributed by atoms with Crippen molar-refractivity contribution in [1.29, 1.82) is 0 Å². The minimum absolute atomic E-state index is 0.0548. The Morgan fingerprint density at radius 1 is 1.32 bits per heavy atom. The van der Waals surface area contributed by atoms with Gasteiger partial charge in [0.1, 0.15) is 6.10 Å². The van der Waals surface area contributed by atoms with Crippen LogP contribution in [0.1, 0.15) is 22.3 Å². The van der Waals surface area contributed by atoms with Crippen molar-refractivity contribution < 1.29 is 14.3 Å². The van der Waals surface area contributed by atoms with Gasteiger partial charge in [0, 0.05) is 24.4 Å². The Morgan fingerprint density at radius 2 is 2.18 bits per heavy atom. The highest BCUT2D eigenvalue weighted by atomic mass is 16.5. The predicted octanol–water partition coefficient (Wildman–Crippen LogP) is 2.81. The van der Waals surface area contributed by atoms with Crippen LogP contribution >= 0.6 is 0 Å². The summed E-state index contributed by atoms with van der Waals surface area (Å²) in [6.07, 6.45) is 2.45. The number of aromatic nitrogens is 1. The molecule has 0 unspecified atom stereocenters. The number of nitrogens with zero attached hydrogens (tertiary/aromatic N) is 1. The molecule has 0 radical (unpaired) electrons. The molecular formula is C17H18N2O3. The van der Waals surface area contributed by atoms with Crippen LogP contribution in [0.2, 0.25) is 0 Å². The maximum absolute atomic E-state index is 12.2. The third-order valence-electron chi connectivity index (χ3n) is 3.57. The maximum atomic E-state index is 12.2. The monoisotopic (exact) mass is 298 g/mol. The summed E-state index contributed by atoms with van der Waals surface area (Å²) in [5.41, 5.74) is 2.32. The van der Waals surface area contributed by atoms with E-state index in [1.165, 1.54) is 6.20 Å². The van der Waals surface area contributed by atoms with Gasteiger partial charge in [-0.25, -0.2) is 4.98 Å². The molecule has 22 heavy (non-hydrogen) atoms. The van der Waals surface area contributed by atoms with E-state index in [9.17, 15) is 4.79 Å². The van der Waals surface area contributed by atoms with Crippen LogP contribution in [0.5, 0.6) is 5.88 Å². The van der Waals surface area contributed by atoms with Crippen LogP contribution in [0, 0.1) is 6.92 Å². The zero-order chi connectivity index (χ0) is 15.4. The quantitative estimate of drug-likeness (QED) is 0.943. The number of hydrogen-bond donors (Lipinski definition) is 1. The fraction of sp³-hybridized carbons (Fsp3) is 0.294. The predicted molar refractivity (Wildman–Crippen MR) is 83.2 cm³/mol. The molecule has 5 heteroatoms. The summed E-state index contributed by atoms with van der Waals surface area (Å²) in [7, 11) is 0. The average molecular weight is 298 g/mol.